The van der Waals surface area contributed by atoms with Gasteiger partial charge in [-0.25, -0.2) is 4.98 Å². The molecule has 0 unspecified atom stereocenters. The summed E-state index contributed by atoms with van der Waals surface area (Å²) in [6.45, 7) is 14.9. The molecular weight excluding hydrogens is 570 g/mol. The second-order valence-corrected chi connectivity index (χ2v) is 13.4. The Hall–Kier alpha value is -4.23. The molecule has 2 aromatic carbocycles. The SMILES string of the molecule is CCCC(CCC)N(C)C.Cc1ccc(Nc2cc(-c3cccc(NC(=O)c4ccc(C(C)(C)C)cc4)c3C)cn(C)c2=O)nc1. The lowest BCUT2D eigenvalue weighted by atomic mass is 9.86. The van der Waals surface area contributed by atoms with Gasteiger partial charge in [-0.1, -0.05) is 77.8 Å². The third-order valence-corrected chi connectivity index (χ3v) is 8.24. The largest absolute Gasteiger partial charge is 0.336 e. The minimum atomic E-state index is -0.163. The number of carbonyl (C=O) groups excluding carboxylic acids is 1. The Labute approximate surface area is 276 Å². The van der Waals surface area contributed by atoms with E-state index in [0.29, 0.717) is 17.1 Å². The van der Waals surface area contributed by atoms with Gasteiger partial charge in [-0.05, 0) is 98.8 Å². The minimum Gasteiger partial charge on any atom is -0.336 e. The fourth-order valence-electron chi connectivity index (χ4n) is 5.36. The Kier molecular flexibility index (Phi) is 12.9. The van der Waals surface area contributed by atoms with Crippen molar-refractivity contribution in [3.8, 4) is 11.1 Å². The molecule has 0 aliphatic heterocycles. The Balaban J connectivity index is 0.000000498. The van der Waals surface area contributed by atoms with Gasteiger partial charge in [0.05, 0.1) is 0 Å². The van der Waals surface area contributed by atoms with Crippen LogP contribution < -0.4 is 16.2 Å². The summed E-state index contributed by atoms with van der Waals surface area (Å²) in [7, 11) is 6.08. The molecular formula is C39H53N5O2. The highest BCUT2D eigenvalue weighted by molar-refractivity contribution is 6.05. The molecule has 0 fully saturated rings. The van der Waals surface area contributed by atoms with Crippen LogP contribution >= 0.6 is 0 Å². The summed E-state index contributed by atoms with van der Waals surface area (Å²) in [5, 5.41) is 6.19. The van der Waals surface area contributed by atoms with Gasteiger partial charge in [0.15, 0.2) is 0 Å². The van der Waals surface area contributed by atoms with Crippen molar-refractivity contribution in [2.75, 3.05) is 24.7 Å². The summed E-state index contributed by atoms with van der Waals surface area (Å²) < 4.78 is 1.55. The molecule has 2 aromatic heterocycles. The topological polar surface area (TPSA) is 79.3 Å². The average molecular weight is 624 g/mol. The number of rotatable bonds is 10. The van der Waals surface area contributed by atoms with Gasteiger partial charge in [0, 0.05) is 42.3 Å². The van der Waals surface area contributed by atoms with Gasteiger partial charge in [0.2, 0.25) is 0 Å². The minimum absolute atomic E-state index is 0.0267. The number of nitrogens with zero attached hydrogens (tertiary/aromatic N) is 3. The zero-order valence-corrected chi connectivity index (χ0v) is 29.5. The van der Waals surface area contributed by atoms with Crippen LogP contribution in [0.25, 0.3) is 11.1 Å². The lowest BCUT2D eigenvalue weighted by Crippen LogP contribution is -2.27. The molecule has 7 nitrogen and oxygen atoms in total. The fraction of sp³-hybridized carbons (Fsp3) is 0.410. The first-order valence-electron chi connectivity index (χ1n) is 16.3. The second-order valence-electron chi connectivity index (χ2n) is 13.4. The van der Waals surface area contributed by atoms with E-state index in [2.05, 4.69) is 69.2 Å². The molecule has 7 heteroatoms. The molecule has 46 heavy (non-hydrogen) atoms. The first kappa shape index (κ1) is 36.2. The summed E-state index contributed by atoms with van der Waals surface area (Å²) >= 11 is 0. The lowest BCUT2D eigenvalue weighted by Gasteiger charge is -2.22. The number of aromatic nitrogens is 2. The number of anilines is 3. The zero-order chi connectivity index (χ0) is 34.0. The summed E-state index contributed by atoms with van der Waals surface area (Å²) in [6.07, 6.45) is 8.87. The van der Waals surface area contributed by atoms with Crippen LogP contribution in [0.2, 0.25) is 0 Å². The standard InChI is InChI=1S/C30H32N4O2.C9H21N/c1-19-10-15-27(31-17-19)32-26-16-22(18-34(6)29(26)36)24-8-7-9-25(20(24)2)33-28(35)21-11-13-23(14-12-21)30(3,4)5;1-5-7-9(8-6-2)10(3)4/h7-18H,1-6H3,(H,31,32)(H,33,35);9H,5-8H2,1-4H3. The van der Waals surface area contributed by atoms with Crippen LogP contribution in [0.15, 0.2) is 77.9 Å². The number of pyridine rings is 2. The van der Waals surface area contributed by atoms with E-state index in [1.807, 2.05) is 74.5 Å². The third kappa shape index (κ3) is 9.88. The summed E-state index contributed by atoms with van der Waals surface area (Å²) in [6, 6.07) is 19.9. The van der Waals surface area contributed by atoms with Crippen LogP contribution in [-0.4, -0.2) is 40.5 Å². The molecule has 2 N–H and O–H groups in total. The Morgan fingerprint density at radius 1 is 0.935 bits per heavy atom. The average Bonchev–Trinajstić information content (AvgIpc) is 3.01. The second kappa shape index (κ2) is 16.4. The highest BCUT2D eigenvalue weighted by Gasteiger charge is 2.16. The van der Waals surface area contributed by atoms with Gasteiger partial charge in [-0.2, -0.15) is 0 Å². The highest BCUT2D eigenvalue weighted by Crippen LogP contribution is 2.30. The van der Waals surface area contributed by atoms with Crippen LogP contribution in [0.1, 0.15) is 87.4 Å². The number of aryl methyl sites for hydroxylation is 2. The Morgan fingerprint density at radius 3 is 2.13 bits per heavy atom. The molecule has 0 saturated heterocycles. The van der Waals surface area contributed by atoms with Crippen molar-refractivity contribution in [1.82, 2.24) is 14.5 Å². The van der Waals surface area contributed by atoms with Gasteiger partial charge in [-0.15, -0.1) is 0 Å². The molecule has 0 radical (unpaired) electrons. The predicted octanol–water partition coefficient (Wildman–Crippen LogP) is 8.87. The van der Waals surface area contributed by atoms with E-state index < -0.39 is 0 Å². The van der Waals surface area contributed by atoms with Crippen LogP contribution in [0.3, 0.4) is 0 Å². The molecule has 4 rings (SSSR count). The molecule has 0 aliphatic carbocycles. The van der Waals surface area contributed by atoms with Gasteiger partial charge in [0.1, 0.15) is 11.5 Å². The normalized spacial score (nSPS) is 11.3. The van der Waals surface area contributed by atoms with E-state index >= 15 is 0 Å². The molecule has 1 amide bonds. The van der Waals surface area contributed by atoms with Gasteiger partial charge in [0.25, 0.3) is 11.5 Å². The van der Waals surface area contributed by atoms with E-state index in [1.54, 1.807) is 24.0 Å². The first-order chi connectivity index (χ1) is 21.7. The van der Waals surface area contributed by atoms with Crippen LogP contribution in [0, 0.1) is 13.8 Å². The number of benzene rings is 2. The molecule has 0 atom stereocenters. The molecule has 0 saturated carbocycles. The number of hydrogen-bond acceptors (Lipinski definition) is 5. The summed E-state index contributed by atoms with van der Waals surface area (Å²) in [5.74, 6) is 0.439. The smallest absolute Gasteiger partial charge is 0.274 e. The van der Waals surface area contributed by atoms with Crippen LogP contribution in [-0.2, 0) is 12.5 Å². The lowest BCUT2D eigenvalue weighted by molar-refractivity contribution is 0.102. The Bertz CT molecular complexity index is 1630. The monoisotopic (exact) mass is 623 g/mol. The van der Waals surface area contributed by atoms with Crippen molar-refractivity contribution < 1.29 is 4.79 Å². The number of nitrogens with one attached hydrogen (secondary N) is 2. The molecule has 2 heterocycles. The van der Waals surface area contributed by atoms with Gasteiger partial charge < -0.3 is 20.1 Å². The molecule has 4 aromatic rings. The van der Waals surface area contributed by atoms with Crippen molar-refractivity contribution >= 4 is 23.1 Å². The third-order valence-electron chi connectivity index (χ3n) is 8.24. The van der Waals surface area contributed by atoms with Crippen molar-refractivity contribution in [3.63, 3.8) is 0 Å². The predicted molar refractivity (Wildman–Crippen MR) is 194 cm³/mol. The Morgan fingerprint density at radius 2 is 1.59 bits per heavy atom. The number of hydrogen-bond donors (Lipinski definition) is 2. The van der Waals surface area contributed by atoms with Crippen molar-refractivity contribution in [3.05, 3.63) is 106 Å². The van der Waals surface area contributed by atoms with Crippen LogP contribution in [0.4, 0.5) is 17.2 Å². The van der Waals surface area contributed by atoms with E-state index in [4.69, 9.17) is 0 Å². The molecule has 0 spiro atoms. The van der Waals surface area contributed by atoms with E-state index in [-0.39, 0.29) is 16.9 Å². The maximum atomic E-state index is 13.0. The van der Waals surface area contributed by atoms with Crippen molar-refractivity contribution in [2.24, 2.45) is 7.05 Å². The van der Waals surface area contributed by atoms with E-state index in [0.717, 1.165) is 34.0 Å². The number of amides is 1. The highest BCUT2D eigenvalue weighted by atomic mass is 16.1. The molecule has 0 bridgehead atoms. The molecule has 246 valence electrons. The van der Waals surface area contributed by atoms with E-state index in [9.17, 15) is 9.59 Å². The number of carbonyl (C=O) groups is 1. The van der Waals surface area contributed by atoms with E-state index in [1.165, 1.54) is 31.2 Å². The van der Waals surface area contributed by atoms with Gasteiger partial charge in [-0.3, -0.25) is 9.59 Å². The summed E-state index contributed by atoms with van der Waals surface area (Å²) in [4.78, 5) is 32.5. The van der Waals surface area contributed by atoms with Crippen molar-refractivity contribution in [1.29, 1.82) is 0 Å². The quantitative estimate of drug-likeness (QED) is 0.184. The summed E-state index contributed by atoms with van der Waals surface area (Å²) in [5.41, 5.74) is 6.54. The fourth-order valence-corrected chi connectivity index (χ4v) is 5.36. The first-order valence-corrected chi connectivity index (χ1v) is 16.3. The zero-order valence-electron chi connectivity index (χ0n) is 29.5. The molecule has 0 aliphatic rings. The maximum Gasteiger partial charge on any atom is 0.274 e. The van der Waals surface area contributed by atoms with Gasteiger partial charge >= 0.3 is 0 Å². The van der Waals surface area contributed by atoms with Crippen molar-refractivity contribution in [2.45, 2.75) is 85.6 Å². The van der Waals surface area contributed by atoms with Crippen LogP contribution in [0.5, 0.6) is 0 Å². The maximum absolute atomic E-state index is 13.0.